The Labute approximate surface area is 176 Å². The molecule has 0 aliphatic rings. The van der Waals surface area contributed by atoms with Crippen molar-refractivity contribution in [3.8, 4) is 11.1 Å². The average Bonchev–Trinajstić information content (AvgIpc) is 3.44. The number of nitrogens with two attached hydrogens (primary N) is 1. The van der Waals surface area contributed by atoms with Crippen LogP contribution in [0.25, 0.3) is 11.1 Å². The minimum absolute atomic E-state index is 0.249. The first-order valence-corrected chi connectivity index (χ1v) is 10.1. The molecule has 0 fully saturated rings. The fourth-order valence-electron chi connectivity index (χ4n) is 2.92. The van der Waals surface area contributed by atoms with Crippen LogP contribution in [0.5, 0.6) is 0 Å². The topological polar surface area (TPSA) is 93.4 Å². The Balaban J connectivity index is 1.61. The summed E-state index contributed by atoms with van der Waals surface area (Å²) in [6, 6.07) is 10.3. The smallest absolute Gasteiger partial charge is 0.177 e. The Morgan fingerprint density at radius 2 is 2.10 bits per heavy atom. The highest BCUT2D eigenvalue weighted by molar-refractivity contribution is 7.08. The summed E-state index contributed by atoms with van der Waals surface area (Å²) in [7, 11) is 0. The van der Waals surface area contributed by atoms with Crippen molar-refractivity contribution >= 4 is 22.9 Å². The lowest BCUT2D eigenvalue weighted by Gasteiger charge is -2.19. The number of nitrogens with zero attached hydrogens (tertiary/aromatic N) is 5. The molecule has 2 N–H and O–H groups in total. The molecular formula is C21H19FN6OS. The number of aromatic nitrogens is 3. The van der Waals surface area contributed by atoms with Gasteiger partial charge in [-0.1, -0.05) is 23.4 Å². The average molecular weight is 422 g/mol. The monoisotopic (exact) mass is 422 g/mol. The van der Waals surface area contributed by atoms with E-state index < -0.39 is 0 Å². The highest BCUT2D eigenvalue weighted by Gasteiger charge is 2.13. The van der Waals surface area contributed by atoms with E-state index in [9.17, 15) is 4.39 Å². The summed E-state index contributed by atoms with van der Waals surface area (Å²) in [6.45, 7) is 2.38. The first-order valence-electron chi connectivity index (χ1n) is 9.18. The number of halogens is 1. The largest absolute Gasteiger partial charge is 0.383 e. The minimum atomic E-state index is -0.295. The molecule has 4 rings (SSSR count). The molecule has 7 nitrogen and oxygen atoms in total. The van der Waals surface area contributed by atoms with Crippen LogP contribution in [0.15, 0.2) is 69.2 Å². The van der Waals surface area contributed by atoms with Crippen molar-refractivity contribution in [1.82, 2.24) is 20.1 Å². The van der Waals surface area contributed by atoms with Gasteiger partial charge in [0.1, 0.15) is 29.3 Å². The van der Waals surface area contributed by atoms with Crippen molar-refractivity contribution in [2.45, 2.75) is 20.0 Å². The van der Waals surface area contributed by atoms with Gasteiger partial charge >= 0.3 is 0 Å². The fraction of sp³-hybridized carbons (Fsp3) is 0.143. The number of anilines is 1. The lowest BCUT2D eigenvalue weighted by Crippen LogP contribution is -2.20. The first-order chi connectivity index (χ1) is 14.6. The van der Waals surface area contributed by atoms with Gasteiger partial charge in [-0.05, 0) is 35.4 Å². The van der Waals surface area contributed by atoms with E-state index in [1.165, 1.54) is 12.3 Å². The highest BCUT2D eigenvalue weighted by atomic mass is 32.1. The molecule has 0 saturated carbocycles. The third-order valence-corrected chi connectivity index (χ3v) is 5.10. The normalized spacial score (nSPS) is 11.6. The van der Waals surface area contributed by atoms with Gasteiger partial charge in [-0.2, -0.15) is 16.4 Å². The summed E-state index contributed by atoms with van der Waals surface area (Å²) in [4.78, 5) is 8.83. The Bertz CT molecular complexity index is 1140. The van der Waals surface area contributed by atoms with Gasteiger partial charge in [-0.25, -0.2) is 14.4 Å². The second kappa shape index (κ2) is 8.83. The van der Waals surface area contributed by atoms with E-state index >= 15 is 0 Å². The molecule has 3 aromatic heterocycles. The van der Waals surface area contributed by atoms with Crippen LogP contribution in [0, 0.1) is 5.82 Å². The Morgan fingerprint density at radius 1 is 1.23 bits per heavy atom. The van der Waals surface area contributed by atoms with Crippen molar-refractivity contribution in [3.63, 3.8) is 0 Å². The SMILES string of the molecule is C/C(=N\N(Cc1ccon1)Cc1ccccc1F)c1ncc(-c2ccsc2)c(N)n1. The number of hydrogen-bond donors (Lipinski definition) is 1. The van der Waals surface area contributed by atoms with E-state index in [-0.39, 0.29) is 12.4 Å². The zero-order valence-corrected chi connectivity index (χ0v) is 17.0. The zero-order valence-electron chi connectivity index (χ0n) is 16.2. The summed E-state index contributed by atoms with van der Waals surface area (Å²) in [6.07, 6.45) is 3.18. The second-order valence-electron chi connectivity index (χ2n) is 6.59. The van der Waals surface area contributed by atoms with Gasteiger partial charge in [-0.3, -0.25) is 5.01 Å². The second-order valence-corrected chi connectivity index (χ2v) is 7.37. The van der Waals surface area contributed by atoms with E-state index in [4.69, 9.17) is 10.3 Å². The molecule has 0 aliphatic carbocycles. The highest BCUT2D eigenvalue weighted by Crippen LogP contribution is 2.25. The molecule has 30 heavy (non-hydrogen) atoms. The first kappa shape index (κ1) is 19.7. The van der Waals surface area contributed by atoms with E-state index in [2.05, 4.69) is 20.2 Å². The fourth-order valence-corrected chi connectivity index (χ4v) is 3.58. The van der Waals surface area contributed by atoms with Gasteiger partial charge in [0, 0.05) is 23.4 Å². The van der Waals surface area contributed by atoms with E-state index in [1.807, 2.05) is 16.8 Å². The number of rotatable bonds is 7. The molecule has 4 aromatic rings. The predicted octanol–water partition coefficient (Wildman–Crippen LogP) is 4.34. The van der Waals surface area contributed by atoms with Crippen LogP contribution < -0.4 is 5.73 Å². The van der Waals surface area contributed by atoms with Crippen LogP contribution in [0.2, 0.25) is 0 Å². The molecule has 0 spiro atoms. The summed E-state index contributed by atoms with van der Waals surface area (Å²) in [5, 5.41) is 14.2. The van der Waals surface area contributed by atoms with E-state index in [1.54, 1.807) is 53.7 Å². The Kier molecular flexibility index (Phi) is 5.80. The number of nitrogen functional groups attached to an aromatic ring is 1. The summed E-state index contributed by atoms with van der Waals surface area (Å²) < 4.78 is 19.1. The van der Waals surface area contributed by atoms with Gasteiger partial charge in [-0.15, -0.1) is 0 Å². The lowest BCUT2D eigenvalue weighted by atomic mass is 10.2. The minimum Gasteiger partial charge on any atom is -0.383 e. The van der Waals surface area contributed by atoms with Gasteiger partial charge < -0.3 is 10.3 Å². The van der Waals surface area contributed by atoms with Crippen LogP contribution in [0.4, 0.5) is 10.2 Å². The quantitative estimate of drug-likeness (QED) is 0.352. The molecule has 0 atom stereocenters. The van der Waals surface area contributed by atoms with Gasteiger partial charge in [0.25, 0.3) is 0 Å². The number of hydrazone groups is 1. The van der Waals surface area contributed by atoms with Crippen molar-refractivity contribution in [2.24, 2.45) is 5.10 Å². The van der Waals surface area contributed by atoms with Crippen molar-refractivity contribution < 1.29 is 8.91 Å². The molecule has 0 aliphatic heterocycles. The molecule has 0 radical (unpaired) electrons. The third kappa shape index (κ3) is 4.52. The Morgan fingerprint density at radius 3 is 2.80 bits per heavy atom. The van der Waals surface area contributed by atoms with Gasteiger partial charge in [0.2, 0.25) is 0 Å². The van der Waals surface area contributed by atoms with Crippen molar-refractivity contribution in [2.75, 3.05) is 5.73 Å². The Hall–Kier alpha value is -3.59. The summed E-state index contributed by atoms with van der Waals surface area (Å²) >= 11 is 1.58. The molecule has 152 valence electrons. The maximum Gasteiger partial charge on any atom is 0.177 e. The standard InChI is InChI=1S/C21H19FN6OS/c1-14(21-24-10-18(20(23)25-21)16-7-9-30-13-16)26-28(12-17-6-8-29-27-17)11-15-4-2-3-5-19(15)22/h2-10,13H,11-12H2,1H3,(H2,23,24,25)/b26-14+. The van der Waals surface area contributed by atoms with Crippen LogP contribution in [0.3, 0.4) is 0 Å². The summed E-state index contributed by atoms with van der Waals surface area (Å²) in [5.74, 6) is 0.492. The van der Waals surface area contributed by atoms with E-state index in [0.29, 0.717) is 35.2 Å². The molecule has 9 heteroatoms. The number of benzene rings is 1. The lowest BCUT2D eigenvalue weighted by molar-refractivity contribution is 0.257. The maximum absolute atomic E-state index is 14.2. The molecule has 0 saturated heterocycles. The van der Waals surface area contributed by atoms with Crippen LogP contribution in [0.1, 0.15) is 24.0 Å². The molecule has 0 bridgehead atoms. The third-order valence-electron chi connectivity index (χ3n) is 4.41. The van der Waals surface area contributed by atoms with Crippen molar-refractivity contribution in [3.05, 3.63) is 82.5 Å². The van der Waals surface area contributed by atoms with Gasteiger partial charge in [0.05, 0.1) is 13.1 Å². The van der Waals surface area contributed by atoms with Gasteiger partial charge in [0.15, 0.2) is 5.82 Å². The molecular weight excluding hydrogens is 403 g/mol. The molecule has 1 aromatic carbocycles. The van der Waals surface area contributed by atoms with Crippen LogP contribution in [-0.2, 0) is 13.1 Å². The maximum atomic E-state index is 14.2. The van der Waals surface area contributed by atoms with Crippen LogP contribution >= 0.6 is 11.3 Å². The number of thiophene rings is 1. The van der Waals surface area contributed by atoms with Crippen LogP contribution in [-0.4, -0.2) is 25.8 Å². The molecule has 0 unspecified atom stereocenters. The molecule has 0 amide bonds. The van der Waals surface area contributed by atoms with E-state index in [0.717, 1.165) is 11.1 Å². The predicted molar refractivity (Wildman–Crippen MR) is 114 cm³/mol. The van der Waals surface area contributed by atoms with Crippen molar-refractivity contribution in [1.29, 1.82) is 0 Å². The zero-order chi connectivity index (χ0) is 20.9. The summed E-state index contributed by atoms with van der Waals surface area (Å²) in [5.41, 5.74) is 9.65. The molecule has 3 heterocycles. The number of hydrogen-bond acceptors (Lipinski definition) is 8.